The van der Waals surface area contributed by atoms with Gasteiger partial charge in [-0.2, -0.15) is 11.8 Å². The van der Waals surface area contributed by atoms with E-state index in [4.69, 9.17) is 9.84 Å². The molecule has 0 radical (unpaired) electrons. The molecule has 0 aromatic heterocycles. The van der Waals surface area contributed by atoms with Crippen molar-refractivity contribution in [1.29, 1.82) is 0 Å². The molecule has 3 unspecified atom stereocenters. The quantitative estimate of drug-likeness (QED) is 0.369. The third-order valence-electron chi connectivity index (χ3n) is 5.12. The van der Waals surface area contributed by atoms with E-state index in [1.165, 1.54) is 11.8 Å². The van der Waals surface area contributed by atoms with Crippen LogP contribution in [0.4, 0.5) is 0 Å². The molecule has 0 amide bonds. The van der Waals surface area contributed by atoms with Gasteiger partial charge in [0.25, 0.3) is 0 Å². The Morgan fingerprint density at radius 1 is 1.11 bits per heavy atom. The fourth-order valence-electron chi connectivity index (χ4n) is 3.64. The molecule has 0 spiro atoms. The van der Waals surface area contributed by atoms with Crippen molar-refractivity contribution in [2.45, 2.75) is 68.5 Å². The second-order valence-corrected chi connectivity index (χ2v) is 8.67. The van der Waals surface area contributed by atoms with E-state index in [-0.39, 0.29) is 24.2 Å². The minimum atomic E-state index is -0.763. The molecule has 1 aliphatic rings. The van der Waals surface area contributed by atoms with Crippen molar-refractivity contribution < 1.29 is 30.0 Å². The summed E-state index contributed by atoms with van der Waals surface area (Å²) >= 11 is 1.50. The molecule has 0 aliphatic heterocycles. The van der Waals surface area contributed by atoms with Crippen LogP contribution in [0.25, 0.3) is 0 Å². The summed E-state index contributed by atoms with van der Waals surface area (Å²) in [6.45, 7) is 0.191. The number of para-hydroxylation sites is 1. The van der Waals surface area contributed by atoms with Crippen molar-refractivity contribution >= 4 is 17.7 Å². The summed E-state index contributed by atoms with van der Waals surface area (Å²) in [5.74, 6) is 0.391. The normalized spacial score (nSPS) is 25.5. The monoisotopic (exact) mass is 412 g/mol. The van der Waals surface area contributed by atoms with E-state index in [9.17, 15) is 20.1 Å². The Morgan fingerprint density at radius 3 is 2.54 bits per heavy atom. The van der Waals surface area contributed by atoms with Crippen LogP contribution >= 0.6 is 11.8 Å². The van der Waals surface area contributed by atoms with E-state index in [0.29, 0.717) is 24.3 Å². The van der Waals surface area contributed by atoms with Gasteiger partial charge in [0.2, 0.25) is 0 Å². The van der Waals surface area contributed by atoms with Crippen LogP contribution in [-0.2, 0) is 4.79 Å². The molecule has 1 aromatic rings. The second kappa shape index (κ2) is 12.3. The van der Waals surface area contributed by atoms with Crippen molar-refractivity contribution in [2.75, 3.05) is 12.4 Å². The number of carboxylic acid groups (broad SMARTS) is 1. The van der Waals surface area contributed by atoms with Crippen LogP contribution in [0.1, 0.15) is 44.9 Å². The molecule has 158 valence electrons. The second-order valence-electron chi connectivity index (χ2n) is 7.46. The maximum Gasteiger partial charge on any atom is 0.303 e. The molecule has 1 fully saturated rings. The number of thioether (sulfide) groups is 1. The van der Waals surface area contributed by atoms with Crippen LogP contribution in [0.3, 0.4) is 0 Å². The molecule has 0 bridgehead atoms. The van der Waals surface area contributed by atoms with Crippen LogP contribution in [0.5, 0.6) is 5.75 Å². The number of carboxylic acids is 1. The number of hydrogen-bond acceptors (Lipinski definition) is 6. The van der Waals surface area contributed by atoms with E-state index >= 15 is 0 Å². The van der Waals surface area contributed by atoms with Gasteiger partial charge in [0, 0.05) is 23.8 Å². The third-order valence-corrected chi connectivity index (χ3v) is 6.75. The van der Waals surface area contributed by atoms with Gasteiger partial charge in [0.15, 0.2) is 0 Å². The number of hydrogen-bond donors (Lipinski definition) is 4. The van der Waals surface area contributed by atoms with E-state index in [0.717, 1.165) is 25.7 Å². The number of aliphatic hydroxyl groups excluding tert-OH is 3. The summed E-state index contributed by atoms with van der Waals surface area (Å²) in [5, 5.41) is 39.3. The zero-order chi connectivity index (χ0) is 20.4. The minimum absolute atomic E-state index is 0.00159. The van der Waals surface area contributed by atoms with Crippen molar-refractivity contribution in [1.82, 2.24) is 0 Å². The third kappa shape index (κ3) is 7.99. The van der Waals surface area contributed by atoms with Crippen molar-refractivity contribution in [3.8, 4) is 5.75 Å². The first-order valence-corrected chi connectivity index (χ1v) is 11.1. The highest BCUT2D eigenvalue weighted by Crippen LogP contribution is 2.39. The zero-order valence-electron chi connectivity index (χ0n) is 16.2. The van der Waals surface area contributed by atoms with E-state index in [2.05, 4.69) is 0 Å². The number of carbonyl (C=O) groups is 1. The van der Waals surface area contributed by atoms with E-state index < -0.39 is 24.3 Å². The highest BCUT2D eigenvalue weighted by atomic mass is 32.2. The topological polar surface area (TPSA) is 107 Å². The molecule has 2 rings (SSSR count). The van der Waals surface area contributed by atoms with E-state index in [1.54, 1.807) is 0 Å². The van der Waals surface area contributed by atoms with Gasteiger partial charge in [-0.05, 0) is 30.9 Å². The lowest BCUT2D eigenvalue weighted by molar-refractivity contribution is -0.137. The summed E-state index contributed by atoms with van der Waals surface area (Å²) in [6.07, 6.45) is 3.02. The SMILES string of the molecule is O=C(O)CCCCCC[C@H]1C(O)CC(O)[C@@H]1SCC(O)COc1ccccc1. The van der Waals surface area contributed by atoms with Crippen LogP contribution in [0.15, 0.2) is 30.3 Å². The molecular weight excluding hydrogens is 380 g/mol. The highest BCUT2D eigenvalue weighted by Gasteiger charge is 2.41. The van der Waals surface area contributed by atoms with Gasteiger partial charge in [0.05, 0.1) is 18.3 Å². The summed E-state index contributed by atoms with van der Waals surface area (Å²) in [5.41, 5.74) is 0. The summed E-state index contributed by atoms with van der Waals surface area (Å²) in [4.78, 5) is 10.5. The Kier molecular flexibility index (Phi) is 10.1. The molecule has 0 saturated heterocycles. The number of aliphatic carboxylic acids is 1. The van der Waals surface area contributed by atoms with Gasteiger partial charge in [0.1, 0.15) is 12.4 Å². The molecule has 4 N–H and O–H groups in total. The molecule has 7 heteroatoms. The number of rotatable bonds is 13. The maximum absolute atomic E-state index is 10.5. The Bertz CT molecular complexity index is 569. The first-order valence-electron chi connectivity index (χ1n) is 10.0. The van der Waals surface area contributed by atoms with Gasteiger partial charge in [-0.25, -0.2) is 0 Å². The lowest BCUT2D eigenvalue weighted by Gasteiger charge is -2.24. The minimum Gasteiger partial charge on any atom is -0.491 e. The Morgan fingerprint density at radius 2 is 1.82 bits per heavy atom. The lowest BCUT2D eigenvalue weighted by atomic mass is 9.97. The Hall–Kier alpha value is -1.28. The van der Waals surface area contributed by atoms with Gasteiger partial charge >= 0.3 is 5.97 Å². The largest absolute Gasteiger partial charge is 0.491 e. The van der Waals surface area contributed by atoms with Crippen LogP contribution in [-0.4, -0.2) is 62.3 Å². The fraction of sp³-hybridized carbons (Fsp3) is 0.667. The summed E-state index contributed by atoms with van der Waals surface area (Å²) < 4.78 is 5.56. The van der Waals surface area contributed by atoms with E-state index in [1.807, 2.05) is 30.3 Å². The number of unbranched alkanes of at least 4 members (excludes halogenated alkanes) is 3. The van der Waals surface area contributed by atoms with Crippen molar-refractivity contribution in [2.24, 2.45) is 5.92 Å². The van der Waals surface area contributed by atoms with Crippen LogP contribution in [0.2, 0.25) is 0 Å². The van der Waals surface area contributed by atoms with Crippen molar-refractivity contribution in [3.05, 3.63) is 30.3 Å². The predicted molar refractivity (Wildman–Crippen MR) is 110 cm³/mol. The average Bonchev–Trinajstić information content (AvgIpc) is 2.94. The number of ether oxygens (including phenoxy) is 1. The zero-order valence-corrected chi connectivity index (χ0v) is 17.0. The molecule has 1 aromatic carbocycles. The molecule has 28 heavy (non-hydrogen) atoms. The number of aliphatic hydroxyl groups is 3. The summed E-state index contributed by atoms with van der Waals surface area (Å²) in [7, 11) is 0. The molecule has 5 atom stereocenters. The van der Waals surface area contributed by atoms with Crippen LogP contribution < -0.4 is 4.74 Å². The Labute approximate surface area is 170 Å². The summed E-state index contributed by atoms with van der Waals surface area (Å²) in [6, 6.07) is 9.32. The molecule has 0 heterocycles. The predicted octanol–water partition coefficient (Wildman–Crippen LogP) is 2.70. The van der Waals surface area contributed by atoms with Crippen LogP contribution in [0, 0.1) is 5.92 Å². The van der Waals surface area contributed by atoms with Gasteiger partial charge < -0.3 is 25.2 Å². The average molecular weight is 413 g/mol. The maximum atomic E-state index is 10.5. The molecule has 6 nitrogen and oxygen atoms in total. The van der Waals surface area contributed by atoms with Gasteiger partial charge in [-0.3, -0.25) is 4.79 Å². The lowest BCUT2D eigenvalue weighted by Crippen LogP contribution is -2.28. The molecule has 1 aliphatic carbocycles. The number of benzene rings is 1. The molecule has 1 saturated carbocycles. The smallest absolute Gasteiger partial charge is 0.303 e. The van der Waals surface area contributed by atoms with Gasteiger partial charge in [-0.1, -0.05) is 37.5 Å². The first-order chi connectivity index (χ1) is 13.5. The highest BCUT2D eigenvalue weighted by molar-refractivity contribution is 8.00. The first kappa shape index (κ1) is 23.0. The van der Waals surface area contributed by atoms with Gasteiger partial charge in [-0.15, -0.1) is 0 Å². The Balaban J connectivity index is 1.69. The van der Waals surface area contributed by atoms with Crippen molar-refractivity contribution in [3.63, 3.8) is 0 Å². The standard InChI is InChI=1S/C21H32O6S/c22-15(13-27-16-8-4-3-5-9-16)14-28-21-17(18(23)12-19(21)24)10-6-1-2-7-11-20(25)26/h3-5,8-9,15,17-19,21-24H,1-2,6-7,10-14H2,(H,25,26)/t15?,17-,18?,19?,21+/m0/s1. The fourth-order valence-corrected chi connectivity index (χ4v) is 5.08. The molecular formula is C21H32O6S.